The van der Waals surface area contributed by atoms with Crippen LogP contribution in [-0.2, 0) is 4.79 Å². The van der Waals surface area contributed by atoms with E-state index in [1.54, 1.807) is 0 Å². The van der Waals surface area contributed by atoms with Crippen molar-refractivity contribution in [2.24, 2.45) is 23.0 Å². The maximum Gasteiger partial charge on any atom is 0.223 e. The third-order valence-corrected chi connectivity index (χ3v) is 4.87. The second-order valence-electron chi connectivity index (χ2n) is 6.36. The van der Waals surface area contributed by atoms with E-state index in [1.165, 1.54) is 0 Å². The first-order chi connectivity index (χ1) is 8.91. The number of carbonyl (C=O) groups is 1. The Kier molecular flexibility index (Phi) is 5.87. The summed E-state index contributed by atoms with van der Waals surface area (Å²) in [7, 11) is 0. The van der Waals surface area contributed by atoms with Crippen molar-refractivity contribution < 1.29 is 4.79 Å². The first kappa shape index (κ1) is 16.0. The van der Waals surface area contributed by atoms with Gasteiger partial charge in [0.25, 0.3) is 0 Å². The summed E-state index contributed by atoms with van der Waals surface area (Å²) in [6.45, 7) is 7.23. The molecular formula is C16H28N2O. The highest BCUT2D eigenvalue weighted by Gasteiger charge is 2.44. The zero-order valence-electron chi connectivity index (χ0n) is 12.5. The summed E-state index contributed by atoms with van der Waals surface area (Å²) in [5, 5.41) is 3.05. The molecule has 1 aliphatic rings. The van der Waals surface area contributed by atoms with Crippen LogP contribution in [0.15, 0.2) is 0 Å². The second kappa shape index (κ2) is 6.96. The molecule has 3 atom stereocenters. The van der Waals surface area contributed by atoms with Gasteiger partial charge in [-0.3, -0.25) is 4.79 Å². The largest absolute Gasteiger partial charge is 0.356 e. The SMILES string of the molecule is C#CCCCCNC(=O)C1CCC(N)C(C)C1(C)C. The Bertz CT molecular complexity index is 343. The minimum atomic E-state index is -0.0272. The van der Waals surface area contributed by atoms with Gasteiger partial charge in [0.15, 0.2) is 0 Å². The van der Waals surface area contributed by atoms with Crippen LogP contribution in [0, 0.1) is 29.6 Å². The quantitative estimate of drug-likeness (QED) is 0.591. The first-order valence-electron chi connectivity index (χ1n) is 7.38. The Labute approximate surface area is 117 Å². The third-order valence-electron chi connectivity index (χ3n) is 4.87. The average Bonchev–Trinajstić information content (AvgIpc) is 2.35. The minimum Gasteiger partial charge on any atom is -0.356 e. The Morgan fingerprint density at radius 1 is 1.42 bits per heavy atom. The molecule has 0 aromatic rings. The second-order valence-corrected chi connectivity index (χ2v) is 6.36. The van der Waals surface area contributed by atoms with Crippen molar-refractivity contribution in [2.75, 3.05) is 6.54 Å². The van der Waals surface area contributed by atoms with Gasteiger partial charge in [-0.05, 0) is 37.0 Å². The summed E-state index contributed by atoms with van der Waals surface area (Å²) < 4.78 is 0. The zero-order valence-corrected chi connectivity index (χ0v) is 12.5. The minimum absolute atomic E-state index is 0.0272. The molecule has 1 aliphatic carbocycles. The Balaban J connectivity index is 2.46. The molecule has 0 radical (unpaired) electrons. The highest BCUT2D eigenvalue weighted by molar-refractivity contribution is 5.79. The molecule has 0 spiro atoms. The number of hydrogen-bond acceptors (Lipinski definition) is 2. The fraction of sp³-hybridized carbons (Fsp3) is 0.812. The van der Waals surface area contributed by atoms with Gasteiger partial charge in [-0.25, -0.2) is 0 Å². The van der Waals surface area contributed by atoms with Gasteiger partial charge in [-0.1, -0.05) is 20.8 Å². The Morgan fingerprint density at radius 2 is 2.11 bits per heavy atom. The lowest BCUT2D eigenvalue weighted by Gasteiger charge is -2.46. The highest BCUT2D eigenvalue weighted by Crippen LogP contribution is 2.44. The monoisotopic (exact) mass is 264 g/mol. The molecule has 19 heavy (non-hydrogen) atoms. The normalized spacial score (nSPS) is 29.5. The van der Waals surface area contributed by atoms with E-state index in [1.807, 2.05) is 0 Å². The zero-order chi connectivity index (χ0) is 14.5. The van der Waals surface area contributed by atoms with Crippen LogP contribution in [0.5, 0.6) is 0 Å². The Morgan fingerprint density at radius 3 is 2.74 bits per heavy atom. The van der Waals surface area contributed by atoms with Gasteiger partial charge >= 0.3 is 0 Å². The average molecular weight is 264 g/mol. The number of carbonyl (C=O) groups excluding carboxylic acids is 1. The van der Waals surface area contributed by atoms with Gasteiger partial charge in [-0.2, -0.15) is 0 Å². The number of unbranched alkanes of at least 4 members (excludes halogenated alkanes) is 2. The standard InChI is InChI=1S/C16H28N2O/c1-5-6-7-8-11-18-15(19)13-9-10-14(17)12(2)16(13,3)4/h1,12-14H,6-11,17H2,2-4H3,(H,18,19). The van der Waals surface area contributed by atoms with Crippen LogP contribution in [0.4, 0.5) is 0 Å². The van der Waals surface area contributed by atoms with Crippen molar-refractivity contribution in [1.29, 1.82) is 0 Å². The van der Waals surface area contributed by atoms with Gasteiger partial charge < -0.3 is 11.1 Å². The molecule has 108 valence electrons. The lowest BCUT2D eigenvalue weighted by molar-refractivity contribution is -0.132. The summed E-state index contributed by atoms with van der Waals surface area (Å²) in [5.74, 6) is 3.25. The van der Waals surface area contributed by atoms with E-state index in [9.17, 15) is 4.79 Å². The first-order valence-corrected chi connectivity index (χ1v) is 7.38. The molecule has 3 unspecified atom stereocenters. The molecule has 0 saturated heterocycles. The lowest BCUT2D eigenvalue weighted by Crippen LogP contribution is -2.51. The highest BCUT2D eigenvalue weighted by atomic mass is 16.1. The molecule has 1 fully saturated rings. The fourth-order valence-electron chi connectivity index (χ4n) is 3.01. The predicted octanol–water partition coefficient (Wildman–Crippen LogP) is 2.31. The molecule has 0 bridgehead atoms. The van der Waals surface area contributed by atoms with Crippen molar-refractivity contribution in [3.8, 4) is 12.3 Å². The molecule has 0 aliphatic heterocycles. The van der Waals surface area contributed by atoms with Crippen molar-refractivity contribution in [2.45, 2.75) is 58.9 Å². The topological polar surface area (TPSA) is 55.1 Å². The number of hydrogen-bond donors (Lipinski definition) is 2. The molecule has 0 aromatic heterocycles. The fourth-order valence-corrected chi connectivity index (χ4v) is 3.01. The van der Waals surface area contributed by atoms with E-state index >= 15 is 0 Å². The maximum atomic E-state index is 12.3. The van der Waals surface area contributed by atoms with E-state index in [4.69, 9.17) is 12.2 Å². The third kappa shape index (κ3) is 3.98. The molecule has 1 amide bonds. The van der Waals surface area contributed by atoms with Crippen LogP contribution in [0.1, 0.15) is 52.9 Å². The molecule has 3 nitrogen and oxygen atoms in total. The predicted molar refractivity (Wildman–Crippen MR) is 79.3 cm³/mol. The van der Waals surface area contributed by atoms with Gasteiger partial charge in [0.2, 0.25) is 5.91 Å². The number of nitrogens with one attached hydrogen (secondary N) is 1. The molecule has 3 N–H and O–H groups in total. The summed E-state index contributed by atoms with van der Waals surface area (Å²) >= 11 is 0. The molecular weight excluding hydrogens is 236 g/mol. The van der Waals surface area contributed by atoms with Crippen LogP contribution in [-0.4, -0.2) is 18.5 Å². The van der Waals surface area contributed by atoms with Gasteiger partial charge in [0.1, 0.15) is 0 Å². The number of amides is 1. The van der Waals surface area contributed by atoms with Crippen LogP contribution in [0.25, 0.3) is 0 Å². The molecule has 0 heterocycles. The smallest absolute Gasteiger partial charge is 0.223 e. The number of terminal acetylenes is 1. The Hall–Kier alpha value is -1.01. The maximum absolute atomic E-state index is 12.3. The van der Waals surface area contributed by atoms with Crippen molar-refractivity contribution in [1.82, 2.24) is 5.32 Å². The summed E-state index contributed by atoms with van der Waals surface area (Å²) in [4.78, 5) is 12.3. The summed E-state index contributed by atoms with van der Waals surface area (Å²) in [6.07, 6.45) is 9.77. The van der Waals surface area contributed by atoms with Crippen LogP contribution in [0.2, 0.25) is 0 Å². The molecule has 1 saturated carbocycles. The van der Waals surface area contributed by atoms with Gasteiger partial charge in [-0.15, -0.1) is 12.3 Å². The summed E-state index contributed by atoms with van der Waals surface area (Å²) in [6, 6.07) is 0.217. The molecule has 1 rings (SSSR count). The van der Waals surface area contributed by atoms with Gasteiger partial charge in [0.05, 0.1) is 0 Å². The lowest BCUT2D eigenvalue weighted by atomic mass is 9.61. The van der Waals surface area contributed by atoms with Crippen LogP contribution in [0.3, 0.4) is 0 Å². The number of rotatable bonds is 5. The van der Waals surface area contributed by atoms with Crippen molar-refractivity contribution >= 4 is 5.91 Å². The van der Waals surface area contributed by atoms with Crippen LogP contribution < -0.4 is 11.1 Å². The van der Waals surface area contributed by atoms with E-state index in [0.29, 0.717) is 5.92 Å². The van der Waals surface area contributed by atoms with E-state index in [0.717, 1.165) is 38.6 Å². The van der Waals surface area contributed by atoms with Crippen molar-refractivity contribution in [3.63, 3.8) is 0 Å². The molecule has 3 heteroatoms. The van der Waals surface area contributed by atoms with E-state index in [2.05, 4.69) is 32.0 Å². The van der Waals surface area contributed by atoms with Crippen molar-refractivity contribution in [3.05, 3.63) is 0 Å². The van der Waals surface area contributed by atoms with Gasteiger partial charge in [0, 0.05) is 24.9 Å². The molecule has 0 aromatic carbocycles. The summed E-state index contributed by atoms with van der Waals surface area (Å²) in [5.41, 5.74) is 6.09. The van der Waals surface area contributed by atoms with Crippen LogP contribution >= 0.6 is 0 Å². The van der Waals surface area contributed by atoms with E-state index < -0.39 is 0 Å². The van der Waals surface area contributed by atoms with E-state index in [-0.39, 0.29) is 23.3 Å². The number of nitrogens with two attached hydrogens (primary N) is 1.